The van der Waals surface area contributed by atoms with Crippen LogP contribution in [0.1, 0.15) is 38.2 Å². The number of carbonyl (C=O) groups is 2. The van der Waals surface area contributed by atoms with E-state index in [4.69, 9.17) is 9.57 Å². The molecule has 0 radical (unpaired) electrons. The Morgan fingerprint density at radius 1 is 1.26 bits per heavy atom. The van der Waals surface area contributed by atoms with Gasteiger partial charge in [0.2, 0.25) is 0 Å². The minimum Gasteiger partial charge on any atom is -0.493 e. The van der Waals surface area contributed by atoms with Crippen molar-refractivity contribution in [3.63, 3.8) is 0 Å². The highest BCUT2D eigenvalue weighted by atomic mass is 16.6. The summed E-state index contributed by atoms with van der Waals surface area (Å²) in [5.74, 6) is -0.505. The van der Waals surface area contributed by atoms with E-state index in [9.17, 15) is 9.59 Å². The second-order valence-electron chi connectivity index (χ2n) is 5.92. The van der Waals surface area contributed by atoms with Gasteiger partial charge in [0, 0.05) is 12.3 Å². The van der Waals surface area contributed by atoms with Crippen molar-refractivity contribution in [1.82, 2.24) is 0 Å². The van der Waals surface area contributed by atoms with E-state index < -0.39 is 5.92 Å². The van der Waals surface area contributed by atoms with Crippen LogP contribution in [0, 0.1) is 11.8 Å². The van der Waals surface area contributed by atoms with Gasteiger partial charge in [-0.2, -0.15) is 0 Å². The summed E-state index contributed by atoms with van der Waals surface area (Å²) in [5.41, 5.74) is 1.49. The molecule has 0 aromatic heterocycles. The number of ketones is 2. The van der Waals surface area contributed by atoms with Crippen molar-refractivity contribution in [2.45, 2.75) is 32.6 Å². The number of fused-ring (bicyclic) bond motifs is 3. The number of nitrogens with zero attached hydrogens (tertiary/aromatic N) is 1. The van der Waals surface area contributed by atoms with Crippen LogP contribution in [0.15, 0.2) is 29.4 Å². The van der Waals surface area contributed by atoms with Crippen LogP contribution >= 0.6 is 0 Å². The number of carbonyl (C=O) groups excluding carboxylic acids is 2. The zero-order valence-electron chi connectivity index (χ0n) is 13.5. The molecule has 0 saturated heterocycles. The van der Waals surface area contributed by atoms with Crippen LogP contribution in [0.2, 0.25) is 0 Å². The first kappa shape index (κ1) is 15.7. The number of hydrogen-bond donors (Lipinski definition) is 0. The van der Waals surface area contributed by atoms with Gasteiger partial charge in [0.25, 0.3) is 0 Å². The highest BCUT2D eigenvalue weighted by Gasteiger charge is 2.48. The summed E-state index contributed by atoms with van der Waals surface area (Å²) in [4.78, 5) is 30.6. The largest absolute Gasteiger partial charge is 0.493 e. The molecule has 1 aliphatic heterocycles. The van der Waals surface area contributed by atoms with Gasteiger partial charge in [0.15, 0.2) is 5.78 Å². The summed E-state index contributed by atoms with van der Waals surface area (Å²) >= 11 is 0. The molecule has 1 aliphatic carbocycles. The molecule has 3 rings (SSSR count). The highest BCUT2D eigenvalue weighted by Crippen LogP contribution is 2.44. The van der Waals surface area contributed by atoms with Crippen LogP contribution in [-0.2, 0) is 14.4 Å². The lowest BCUT2D eigenvalue weighted by molar-refractivity contribution is -0.138. The molecule has 1 saturated carbocycles. The Morgan fingerprint density at radius 2 is 2.04 bits per heavy atom. The molecule has 1 fully saturated rings. The summed E-state index contributed by atoms with van der Waals surface area (Å²) in [6.07, 6.45) is 0.879. The fourth-order valence-electron chi connectivity index (χ4n) is 3.49. The van der Waals surface area contributed by atoms with Gasteiger partial charge in [-0.3, -0.25) is 9.59 Å². The molecule has 1 aromatic rings. The summed E-state index contributed by atoms with van der Waals surface area (Å²) in [5, 5.41) is 4.00. The van der Waals surface area contributed by atoms with Gasteiger partial charge in [-0.25, -0.2) is 0 Å². The third kappa shape index (κ3) is 2.76. The van der Waals surface area contributed by atoms with Crippen LogP contribution in [0.25, 0.3) is 0 Å². The van der Waals surface area contributed by atoms with Crippen molar-refractivity contribution in [3.05, 3.63) is 29.8 Å². The second-order valence-corrected chi connectivity index (χ2v) is 5.92. The number of oxime groups is 1. The average molecular weight is 315 g/mol. The van der Waals surface area contributed by atoms with Crippen LogP contribution in [0.3, 0.4) is 0 Å². The molecule has 3 unspecified atom stereocenters. The average Bonchev–Trinajstić information content (AvgIpc) is 2.57. The monoisotopic (exact) mass is 315 g/mol. The number of benzene rings is 1. The Morgan fingerprint density at radius 3 is 2.78 bits per heavy atom. The Balaban J connectivity index is 1.91. The van der Waals surface area contributed by atoms with Crippen molar-refractivity contribution >= 4 is 17.3 Å². The fraction of sp³-hybridized carbons (Fsp3) is 0.500. The molecule has 5 nitrogen and oxygen atoms in total. The minimum absolute atomic E-state index is 0.0618. The maximum atomic E-state index is 12.9. The smallest absolute Gasteiger partial charge is 0.156 e. The molecule has 0 spiro atoms. The summed E-state index contributed by atoms with van der Waals surface area (Å²) < 4.78 is 5.74. The molecule has 2 aliphatic rings. The molecule has 5 heteroatoms. The van der Waals surface area contributed by atoms with Gasteiger partial charge in [-0.15, -0.1) is 0 Å². The third-order valence-electron chi connectivity index (χ3n) is 4.62. The van der Waals surface area contributed by atoms with Gasteiger partial charge >= 0.3 is 0 Å². The predicted molar refractivity (Wildman–Crippen MR) is 85.6 cm³/mol. The van der Waals surface area contributed by atoms with Crippen LogP contribution in [0.5, 0.6) is 5.75 Å². The van der Waals surface area contributed by atoms with E-state index in [1.165, 1.54) is 0 Å². The summed E-state index contributed by atoms with van der Waals surface area (Å²) in [7, 11) is 0. The molecule has 122 valence electrons. The lowest BCUT2D eigenvalue weighted by Crippen LogP contribution is -2.47. The summed E-state index contributed by atoms with van der Waals surface area (Å²) in [6.45, 7) is 4.46. The first-order chi connectivity index (χ1) is 11.2. The van der Waals surface area contributed by atoms with E-state index in [1.54, 1.807) is 0 Å². The van der Waals surface area contributed by atoms with Crippen LogP contribution < -0.4 is 4.74 Å². The van der Waals surface area contributed by atoms with Gasteiger partial charge < -0.3 is 9.57 Å². The van der Waals surface area contributed by atoms with Crippen molar-refractivity contribution in [3.8, 4) is 5.75 Å². The van der Waals surface area contributed by atoms with E-state index >= 15 is 0 Å². The van der Waals surface area contributed by atoms with Crippen molar-refractivity contribution in [2.24, 2.45) is 17.0 Å². The van der Waals surface area contributed by atoms with Gasteiger partial charge in [-0.1, -0.05) is 30.3 Å². The number of ether oxygens (including phenoxy) is 1. The molecular weight excluding hydrogens is 294 g/mol. The molecular formula is C18H21NO4. The standard InChI is InChI=1S/C18H21NO4/c1-3-14(19-23-4-2)17-15(20)9-12-11-7-5-6-8-16(11)22-10-13(12)18(17)21/h5-8,12-13,17H,3-4,9-10H2,1-2H3. The van der Waals surface area contributed by atoms with Gasteiger partial charge in [-0.05, 0) is 25.0 Å². The maximum Gasteiger partial charge on any atom is 0.156 e. The van der Waals surface area contributed by atoms with E-state index in [2.05, 4.69) is 5.16 Å². The first-order valence-electron chi connectivity index (χ1n) is 8.14. The zero-order chi connectivity index (χ0) is 16.4. The van der Waals surface area contributed by atoms with Gasteiger partial charge in [0.1, 0.15) is 24.1 Å². The molecule has 1 heterocycles. The first-order valence-corrected chi connectivity index (χ1v) is 8.14. The predicted octanol–water partition coefficient (Wildman–Crippen LogP) is 2.74. The topological polar surface area (TPSA) is 65.0 Å². The Bertz CT molecular complexity index is 652. The zero-order valence-corrected chi connectivity index (χ0v) is 13.5. The third-order valence-corrected chi connectivity index (χ3v) is 4.62. The van der Waals surface area contributed by atoms with E-state index in [1.807, 2.05) is 38.1 Å². The Hall–Kier alpha value is -2.17. The van der Waals surface area contributed by atoms with Crippen LogP contribution in [0.4, 0.5) is 0 Å². The number of Topliss-reactive ketones (excluding diaryl/α,β-unsaturated/α-hetero) is 2. The molecule has 3 atom stereocenters. The molecule has 0 N–H and O–H groups in total. The van der Waals surface area contributed by atoms with Gasteiger partial charge in [0.05, 0.1) is 18.2 Å². The summed E-state index contributed by atoms with van der Waals surface area (Å²) in [6, 6.07) is 7.65. The molecule has 0 amide bonds. The second kappa shape index (κ2) is 6.52. The molecule has 1 aromatic carbocycles. The maximum absolute atomic E-state index is 12.9. The fourth-order valence-corrected chi connectivity index (χ4v) is 3.49. The Labute approximate surface area is 135 Å². The number of para-hydroxylation sites is 1. The SMILES string of the molecule is CCON=C(CC)C1C(=O)CC2c3ccccc3OCC2C1=O. The van der Waals surface area contributed by atoms with E-state index in [0.29, 0.717) is 31.8 Å². The minimum atomic E-state index is -0.776. The molecule has 23 heavy (non-hydrogen) atoms. The van der Waals surface area contributed by atoms with Crippen molar-refractivity contribution < 1.29 is 19.2 Å². The highest BCUT2D eigenvalue weighted by molar-refractivity contribution is 6.23. The number of rotatable bonds is 4. The van der Waals surface area contributed by atoms with Crippen molar-refractivity contribution in [1.29, 1.82) is 0 Å². The van der Waals surface area contributed by atoms with E-state index in [0.717, 1.165) is 11.3 Å². The quantitative estimate of drug-likeness (QED) is 0.487. The normalized spacial score (nSPS) is 27.0. The number of hydrogen-bond acceptors (Lipinski definition) is 5. The lowest BCUT2D eigenvalue weighted by atomic mass is 9.67. The lowest BCUT2D eigenvalue weighted by Gasteiger charge is -2.38. The molecule has 0 bridgehead atoms. The Kier molecular flexibility index (Phi) is 4.46. The van der Waals surface area contributed by atoms with Crippen LogP contribution in [-0.4, -0.2) is 30.5 Å². The van der Waals surface area contributed by atoms with E-state index in [-0.39, 0.29) is 23.4 Å². The van der Waals surface area contributed by atoms with Crippen molar-refractivity contribution in [2.75, 3.05) is 13.2 Å².